The molecule has 1 aliphatic heterocycles. The molecule has 5 nitrogen and oxygen atoms in total. The molecule has 112 valence electrons. The fraction of sp³-hybridized carbons (Fsp3) is 0.125. The smallest absolute Gasteiger partial charge is 0.289 e. The molecule has 1 aromatic carbocycles. The summed E-state index contributed by atoms with van der Waals surface area (Å²) in [6.07, 6.45) is 1.33. The number of aliphatic hydroxyl groups is 1. The molecular formula is C16H12FNO4. The van der Waals surface area contributed by atoms with Crippen LogP contribution in [-0.2, 0) is 4.79 Å². The van der Waals surface area contributed by atoms with Gasteiger partial charge in [-0.2, -0.15) is 0 Å². The van der Waals surface area contributed by atoms with Crippen molar-refractivity contribution >= 4 is 11.7 Å². The standard InChI is InChI=1S/C16H12FNO4/c1-18-13(9-4-6-10(17)7-5-9)12(15(20)16(18)21)14(19)11-3-2-8-22-11/h2-8,13,20H,1H3. The largest absolute Gasteiger partial charge is 0.503 e. The minimum Gasteiger partial charge on any atom is -0.503 e. The molecule has 6 heteroatoms. The topological polar surface area (TPSA) is 70.8 Å². The molecule has 1 atom stereocenters. The molecule has 22 heavy (non-hydrogen) atoms. The van der Waals surface area contributed by atoms with Gasteiger partial charge in [-0.3, -0.25) is 9.59 Å². The molecule has 1 aromatic heterocycles. The van der Waals surface area contributed by atoms with Crippen LogP contribution in [0.25, 0.3) is 0 Å². The molecule has 1 unspecified atom stereocenters. The molecule has 0 aliphatic carbocycles. The summed E-state index contributed by atoms with van der Waals surface area (Å²) in [4.78, 5) is 25.7. The number of ketones is 1. The van der Waals surface area contributed by atoms with Crippen molar-refractivity contribution in [1.82, 2.24) is 4.90 Å². The van der Waals surface area contributed by atoms with Crippen LogP contribution in [-0.4, -0.2) is 28.7 Å². The van der Waals surface area contributed by atoms with Gasteiger partial charge < -0.3 is 14.4 Å². The Morgan fingerprint density at radius 2 is 1.95 bits per heavy atom. The van der Waals surface area contributed by atoms with Gasteiger partial charge in [-0.05, 0) is 29.8 Å². The van der Waals surface area contributed by atoms with E-state index >= 15 is 0 Å². The van der Waals surface area contributed by atoms with Crippen LogP contribution in [0, 0.1) is 5.82 Å². The van der Waals surface area contributed by atoms with Gasteiger partial charge in [0.15, 0.2) is 11.5 Å². The number of carbonyl (C=O) groups is 2. The monoisotopic (exact) mass is 301 g/mol. The van der Waals surface area contributed by atoms with E-state index in [1.54, 1.807) is 0 Å². The van der Waals surface area contributed by atoms with Crippen LogP contribution in [0.5, 0.6) is 0 Å². The Balaban J connectivity index is 2.09. The van der Waals surface area contributed by atoms with Gasteiger partial charge in [0.2, 0.25) is 5.78 Å². The number of furan rings is 1. The molecule has 1 amide bonds. The van der Waals surface area contributed by atoms with E-state index in [0.717, 1.165) is 0 Å². The van der Waals surface area contributed by atoms with Crippen molar-refractivity contribution in [2.75, 3.05) is 7.05 Å². The van der Waals surface area contributed by atoms with E-state index in [-0.39, 0.29) is 11.3 Å². The summed E-state index contributed by atoms with van der Waals surface area (Å²) in [6, 6.07) is 7.61. The maximum atomic E-state index is 13.1. The first-order valence-electron chi connectivity index (χ1n) is 6.54. The fourth-order valence-corrected chi connectivity index (χ4v) is 2.53. The number of hydrogen-bond acceptors (Lipinski definition) is 4. The first-order valence-corrected chi connectivity index (χ1v) is 6.54. The second-order valence-corrected chi connectivity index (χ2v) is 4.94. The number of nitrogens with zero attached hydrogens (tertiary/aromatic N) is 1. The number of rotatable bonds is 3. The van der Waals surface area contributed by atoms with Gasteiger partial charge in [-0.15, -0.1) is 0 Å². The first kappa shape index (κ1) is 14.1. The molecule has 1 aliphatic rings. The molecule has 2 aromatic rings. The van der Waals surface area contributed by atoms with Gasteiger partial charge in [0.1, 0.15) is 5.82 Å². The predicted octanol–water partition coefficient (Wildman–Crippen LogP) is 2.63. The Morgan fingerprint density at radius 1 is 1.27 bits per heavy atom. The van der Waals surface area contributed by atoms with E-state index in [1.807, 2.05) is 0 Å². The summed E-state index contributed by atoms with van der Waals surface area (Å²) >= 11 is 0. The summed E-state index contributed by atoms with van der Waals surface area (Å²) in [5.41, 5.74) is 0.449. The Kier molecular flexibility index (Phi) is 3.29. The highest BCUT2D eigenvalue weighted by atomic mass is 19.1. The Morgan fingerprint density at radius 3 is 2.55 bits per heavy atom. The third-order valence-corrected chi connectivity index (χ3v) is 3.61. The van der Waals surface area contributed by atoms with E-state index < -0.39 is 29.3 Å². The zero-order valence-corrected chi connectivity index (χ0v) is 11.6. The second kappa shape index (κ2) is 5.14. The van der Waals surface area contributed by atoms with Gasteiger partial charge in [0, 0.05) is 7.05 Å². The molecular weight excluding hydrogens is 289 g/mol. The normalized spacial score (nSPS) is 18.2. The number of amides is 1. The lowest BCUT2D eigenvalue weighted by molar-refractivity contribution is -0.128. The van der Waals surface area contributed by atoms with Crippen molar-refractivity contribution in [1.29, 1.82) is 0 Å². The molecule has 0 radical (unpaired) electrons. The summed E-state index contributed by atoms with van der Waals surface area (Å²) in [7, 11) is 1.47. The van der Waals surface area contributed by atoms with Crippen LogP contribution < -0.4 is 0 Å². The van der Waals surface area contributed by atoms with Crippen molar-refractivity contribution in [2.24, 2.45) is 0 Å². The molecule has 0 fully saturated rings. The maximum Gasteiger partial charge on any atom is 0.289 e. The number of aliphatic hydroxyl groups excluding tert-OH is 1. The Hall–Kier alpha value is -2.89. The van der Waals surface area contributed by atoms with Gasteiger partial charge >= 0.3 is 0 Å². The quantitative estimate of drug-likeness (QED) is 0.885. The lowest BCUT2D eigenvalue weighted by atomic mass is 9.95. The van der Waals surface area contributed by atoms with Gasteiger partial charge in [-0.25, -0.2) is 4.39 Å². The van der Waals surface area contributed by atoms with Crippen molar-refractivity contribution in [3.05, 3.63) is 71.1 Å². The zero-order valence-electron chi connectivity index (χ0n) is 11.6. The third kappa shape index (κ3) is 2.09. The number of carbonyl (C=O) groups excluding carboxylic acids is 2. The summed E-state index contributed by atoms with van der Waals surface area (Å²) < 4.78 is 18.1. The van der Waals surface area contributed by atoms with E-state index in [9.17, 15) is 19.1 Å². The van der Waals surface area contributed by atoms with Crippen LogP contribution in [0.3, 0.4) is 0 Å². The minimum absolute atomic E-state index is 0.0248. The van der Waals surface area contributed by atoms with Crippen LogP contribution >= 0.6 is 0 Å². The predicted molar refractivity (Wildman–Crippen MR) is 74.6 cm³/mol. The zero-order chi connectivity index (χ0) is 15.9. The SMILES string of the molecule is CN1C(=O)C(O)=C(C(=O)c2ccco2)C1c1ccc(F)cc1. The van der Waals surface area contributed by atoms with E-state index in [4.69, 9.17) is 4.42 Å². The third-order valence-electron chi connectivity index (χ3n) is 3.61. The van der Waals surface area contributed by atoms with Crippen molar-refractivity contribution in [3.63, 3.8) is 0 Å². The van der Waals surface area contributed by atoms with Gasteiger partial charge in [0.05, 0.1) is 17.9 Å². The maximum absolute atomic E-state index is 13.1. The molecule has 3 rings (SSSR count). The summed E-state index contributed by atoms with van der Waals surface area (Å²) in [6.45, 7) is 0. The van der Waals surface area contributed by atoms with E-state index in [0.29, 0.717) is 5.56 Å². The van der Waals surface area contributed by atoms with E-state index in [2.05, 4.69) is 0 Å². The highest BCUT2D eigenvalue weighted by Gasteiger charge is 2.42. The second-order valence-electron chi connectivity index (χ2n) is 4.94. The Labute approximate surface area is 125 Å². The van der Waals surface area contributed by atoms with Crippen molar-refractivity contribution < 1.29 is 23.5 Å². The van der Waals surface area contributed by atoms with Crippen LogP contribution in [0.2, 0.25) is 0 Å². The number of halogens is 1. The van der Waals surface area contributed by atoms with Crippen LogP contribution in [0.15, 0.2) is 58.4 Å². The van der Waals surface area contributed by atoms with Gasteiger partial charge in [0.25, 0.3) is 5.91 Å². The molecule has 0 bridgehead atoms. The highest BCUT2D eigenvalue weighted by Crippen LogP contribution is 2.37. The molecule has 0 saturated carbocycles. The molecule has 2 heterocycles. The summed E-state index contributed by atoms with van der Waals surface area (Å²) in [5, 5.41) is 10.0. The lowest BCUT2D eigenvalue weighted by Crippen LogP contribution is -2.26. The van der Waals surface area contributed by atoms with Crippen LogP contribution in [0.4, 0.5) is 4.39 Å². The molecule has 0 spiro atoms. The highest BCUT2D eigenvalue weighted by molar-refractivity contribution is 6.14. The summed E-state index contributed by atoms with van der Waals surface area (Å²) in [5.74, 6) is -2.25. The first-order chi connectivity index (χ1) is 10.5. The van der Waals surface area contributed by atoms with Crippen molar-refractivity contribution in [2.45, 2.75) is 6.04 Å². The van der Waals surface area contributed by atoms with E-state index in [1.165, 1.54) is 54.6 Å². The molecule has 1 N–H and O–H groups in total. The van der Waals surface area contributed by atoms with Crippen molar-refractivity contribution in [3.8, 4) is 0 Å². The molecule has 0 saturated heterocycles. The number of Topliss-reactive ketones (excluding diaryl/α,β-unsaturated/α-hetero) is 1. The number of hydrogen-bond donors (Lipinski definition) is 1. The number of likely N-dealkylation sites (N-methyl/N-ethyl adjacent to an activating group) is 1. The minimum atomic E-state index is -0.786. The average molecular weight is 301 g/mol. The van der Waals surface area contributed by atoms with Crippen LogP contribution in [0.1, 0.15) is 22.2 Å². The fourth-order valence-electron chi connectivity index (χ4n) is 2.53. The number of benzene rings is 1. The average Bonchev–Trinajstić information content (AvgIpc) is 3.11. The van der Waals surface area contributed by atoms with Gasteiger partial charge in [-0.1, -0.05) is 12.1 Å². The Bertz CT molecular complexity index is 762. The lowest BCUT2D eigenvalue weighted by Gasteiger charge is -2.22.